The van der Waals surface area contributed by atoms with E-state index in [1.54, 1.807) is 0 Å². The zero-order valence-corrected chi connectivity index (χ0v) is 17.0. The van der Waals surface area contributed by atoms with Crippen molar-refractivity contribution in [3.8, 4) is 0 Å². The molecule has 6 unspecified atom stereocenters. The van der Waals surface area contributed by atoms with Gasteiger partial charge in [0.05, 0.1) is 30.8 Å². The lowest BCUT2D eigenvalue weighted by Gasteiger charge is -2.02. The summed E-state index contributed by atoms with van der Waals surface area (Å²) >= 11 is 0. The fourth-order valence-electron chi connectivity index (χ4n) is 3.17. The molecule has 0 amide bonds. The molecule has 0 aromatic rings. The van der Waals surface area contributed by atoms with Gasteiger partial charge in [-0.1, -0.05) is 52.4 Å². The van der Waals surface area contributed by atoms with Gasteiger partial charge in [-0.05, 0) is 12.8 Å². The minimum atomic E-state index is -1.27. The standard InChI is InChI=1S/2C10H18O4/c1-2-3-4-5-8-10(14-8)7(11)6-9(12)13;1-2-3-4-5-8-9(14-8)6-7(11)10(12)13/h7-8,10-11H,2-6H2,1H3,(H,12,13);7-9,11H,2-6H2,1H3,(H,12,13). The molecule has 2 saturated heterocycles. The highest BCUT2D eigenvalue weighted by Crippen LogP contribution is 2.32. The number of aliphatic hydroxyl groups excluding tert-OH is 2. The molecular weight excluding hydrogens is 368 g/mol. The topological polar surface area (TPSA) is 140 Å². The minimum absolute atomic E-state index is 0.0297. The summed E-state index contributed by atoms with van der Waals surface area (Å²) in [4.78, 5) is 20.6. The molecular formula is C20H36O8. The summed E-state index contributed by atoms with van der Waals surface area (Å²) in [5.41, 5.74) is 0. The molecule has 2 rings (SSSR count). The molecule has 8 nitrogen and oxygen atoms in total. The van der Waals surface area contributed by atoms with Gasteiger partial charge in [0.2, 0.25) is 0 Å². The van der Waals surface area contributed by atoms with Crippen LogP contribution in [0.3, 0.4) is 0 Å². The van der Waals surface area contributed by atoms with E-state index < -0.39 is 24.1 Å². The fraction of sp³-hybridized carbons (Fsp3) is 0.900. The number of epoxide rings is 2. The Labute approximate surface area is 166 Å². The second-order valence-corrected chi connectivity index (χ2v) is 7.60. The monoisotopic (exact) mass is 404 g/mol. The molecule has 164 valence electrons. The maximum atomic E-state index is 10.3. The number of carboxylic acids is 2. The van der Waals surface area contributed by atoms with E-state index in [0.29, 0.717) is 0 Å². The third-order valence-electron chi connectivity index (χ3n) is 5.00. The lowest BCUT2D eigenvalue weighted by Crippen LogP contribution is -2.21. The van der Waals surface area contributed by atoms with Crippen LogP contribution in [-0.2, 0) is 19.1 Å². The molecule has 0 saturated carbocycles. The van der Waals surface area contributed by atoms with Crippen LogP contribution in [0.15, 0.2) is 0 Å². The van der Waals surface area contributed by atoms with Crippen LogP contribution in [0.25, 0.3) is 0 Å². The van der Waals surface area contributed by atoms with E-state index in [4.69, 9.17) is 24.8 Å². The summed E-state index contributed by atoms with van der Waals surface area (Å²) in [5, 5.41) is 35.3. The van der Waals surface area contributed by atoms with Crippen molar-refractivity contribution in [3.05, 3.63) is 0 Å². The van der Waals surface area contributed by atoms with Gasteiger partial charge in [0, 0.05) is 6.42 Å². The molecule has 0 spiro atoms. The summed E-state index contributed by atoms with van der Waals surface area (Å²) in [6, 6.07) is 0. The van der Waals surface area contributed by atoms with E-state index in [1.807, 2.05) is 0 Å². The highest BCUT2D eigenvalue weighted by atomic mass is 16.6. The van der Waals surface area contributed by atoms with Gasteiger partial charge in [-0.15, -0.1) is 0 Å². The Hall–Kier alpha value is -1.22. The van der Waals surface area contributed by atoms with E-state index in [1.165, 1.54) is 19.3 Å². The Bertz CT molecular complexity index is 469. The lowest BCUT2D eigenvalue weighted by molar-refractivity contribution is -0.147. The van der Waals surface area contributed by atoms with Crippen LogP contribution in [0.1, 0.15) is 78.1 Å². The number of rotatable bonds is 14. The lowest BCUT2D eigenvalue weighted by atomic mass is 10.1. The molecule has 2 heterocycles. The van der Waals surface area contributed by atoms with Gasteiger partial charge in [0.15, 0.2) is 6.10 Å². The van der Waals surface area contributed by atoms with E-state index in [0.717, 1.165) is 32.1 Å². The first-order valence-corrected chi connectivity index (χ1v) is 10.4. The summed E-state index contributed by atoms with van der Waals surface area (Å²) in [7, 11) is 0. The van der Waals surface area contributed by atoms with Gasteiger partial charge in [-0.3, -0.25) is 4.79 Å². The van der Waals surface area contributed by atoms with Crippen molar-refractivity contribution in [3.63, 3.8) is 0 Å². The Morgan fingerprint density at radius 2 is 1.43 bits per heavy atom. The number of aliphatic hydroxyl groups is 2. The van der Waals surface area contributed by atoms with E-state index in [-0.39, 0.29) is 37.3 Å². The van der Waals surface area contributed by atoms with Crippen molar-refractivity contribution in [1.29, 1.82) is 0 Å². The average molecular weight is 405 g/mol. The van der Waals surface area contributed by atoms with Crippen molar-refractivity contribution in [2.75, 3.05) is 0 Å². The number of hydrogen-bond donors (Lipinski definition) is 4. The molecule has 28 heavy (non-hydrogen) atoms. The second kappa shape index (κ2) is 13.1. The quantitative estimate of drug-likeness (QED) is 0.255. The van der Waals surface area contributed by atoms with Crippen LogP contribution in [0.2, 0.25) is 0 Å². The van der Waals surface area contributed by atoms with Crippen LogP contribution >= 0.6 is 0 Å². The van der Waals surface area contributed by atoms with Crippen LogP contribution < -0.4 is 0 Å². The average Bonchev–Trinajstić information content (AvgIpc) is 3.52. The predicted molar refractivity (Wildman–Crippen MR) is 102 cm³/mol. The fourth-order valence-corrected chi connectivity index (χ4v) is 3.17. The van der Waals surface area contributed by atoms with Gasteiger partial charge >= 0.3 is 11.9 Å². The number of unbranched alkanes of at least 4 members (excludes halogenated alkanes) is 4. The SMILES string of the molecule is CCCCCC1OC1C(O)CC(=O)O.CCCCCC1OC1CC(O)C(=O)O. The Morgan fingerprint density at radius 1 is 0.857 bits per heavy atom. The predicted octanol–water partition coefficient (Wildman–Crippen LogP) is 2.34. The number of aliphatic carboxylic acids is 2. The first kappa shape index (κ1) is 24.8. The molecule has 0 aromatic heterocycles. The van der Waals surface area contributed by atoms with Crippen molar-refractivity contribution in [1.82, 2.24) is 0 Å². The summed E-state index contributed by atoms with van der Waals surface area (Å²) in [6.45, 7) is 4.27. The number of ether oxygens (including phenoxy) is 2. The van der Waals surface area contributed by atoms with E-state index >= 15 is 0 Å². The molecule has 6 atom stereocenters. The highest BCUT2D eigenvalue weighted by molar-refractivity contribution is 5.71. The summed E-state index contributed by atoms with van der Waals surface area (Å²) in [6.07, 6.45) is 6.78. The van der Waals surface area contributed by atoms with Crippen LogP contribution in [0, 0.1) is 0 Å². The van der Waals surface area contributed by atoms with Gasteiger partial charge in [0.1, 0.15) is 6.10 Å². The van der Waals surface area contributed by atoms with Crippen molar-refractivity contribution < 1.29 is 39.5 Å². The molecule has 0 aliphatic carbocycles. The maximum Gasteiger partial charge on any atom is 0.332 e. The minimum Gasteiger partial charge on any atom is -0.481 e. The Kier molecular flexibility index (Phi) is 11.6. The zero-order valence-electron chi connectivity index (χ0n) is 17.0. The van der Waals surface area contributed by atoms with Gasteiger partial charge in [0.25, 0.3) is 0 Å². The first-order chi connectivity index (χ1) is 13.3. The van der Waals surface area contributed by atoms with Crippen LogP contribution in [0.4, 0.5) is 0 Å². The molecule has 0 bridgehead atoms. The number of carboxylic acid groups (broad SMARTS) is 2. The molecule has 4 N–H and O–H groups in total. The molecule has 2 aliphatic heterocycles. The summed E-state index contributed by atoms with van der Waals surface area (Å²) in [5.74, 6) is -2.13. The Morgan fingerprint density at radius 3 is 1.93 bits per heavy atom. The van der Waals surface area contributed by atoms with Crippen molar-refractivity contribution in [2.24, 2.45) is 0 Å². The third kappa shape index (κ3) is 10.4. The third-order valence-corrected chi connectivity index (χ3v) is 5.00. The Balaban J connectivity index is 0.000000280. The zero-order chi connectivity index (χ0) is 21.1. The molecule has 0 radical (unpaired) electrons. The molecule has 2 aliphatic rings. The van der Waals surface area contributed by atoms with Crippen molar-refractivity contribution in [2.45, 2.75) is 115 Å². The van der Waals surface area contributed by atoms with Gasteiger partial charge in [-0.25, -0.2) is 4.79 Å². The van der Waals surface area contributed by atoms with Crippen LogP contribution in [0.5, 0.6) is 0 Å². The molecule has 2 fully saturated rings. The maximum absolute atomic E-state index is 10.3. The van der Waals surface area contributed by atoms with E-state index in [2.05, 4.69) is 13.8 Å². The number of carbonyl (C=O) groups is 2. The summed E-state index contributed by atoms with van der Waals surface area (Å²) < 4.78 is 10.5. The normalized spacial score (nSPS) is 27.3. The van der Waals surface area contributed by atoms with Crippen LogP contribution in [-0.4, -0.2) is 69.0 Å². The molecule has 8 heteroatoms. The van der Waals surface area contributed by atoms with Crippen molar-refractivity contribution >= 4 is 11.9 Å². The van der Waals surface area contributed by atoms with Gasteiger partial charge in [-0.2, -0.15) is 0 Å². The van der Waals surface area contributed by atoms with Gasteiger partial charge < -0.3 is 29.9 Å². The highest BCUT2D eigenvalue weighted by Gasteiger charge is 2.44. The molecule has 0 aromatic carbocycles. The second-order valence-electron chi connectivity index (χ2n) is 7.60. The first-order valence-electron chi connectivity index (χ1n) is 10.4. The number of hydrogen-bond acceptors (Lipinski definition) is 6. The van der Waals surface area contributed by atoms with E-state index in [9.17, 15) is 14.7 Å². The largest absolute Gasteiger partial charge is 0.481 e. The smallest absolute Gasteiger partial charge is 0.332 e.